The van der Waals surface area contributed by atoms with Gasteiger partial charge in [-0.15, -0.1) is 20.2 Å². The average Bonchev–Trinajstić information content (AvgIpc) is 1.25. The Bertz CT molecular complexity index is 86.3. The van der Waals surface area contributed by atoms with Crippen molar-refractivity contribution in [1.29, 1.82) is 0 Å². The van der Waals surface area contributed by atoms with Crippen LogP contribution in [0.4, 0.5) is 0 Å². The van der Waals surface area contributed by atoms with Crippen molar-refractivity contribution in [2.24, 2.45) is 0 Å². The van der Waals surface area contributed by atoms with Gasteiger partial charge in [0.2, 0.25) is 0 Å². The molecule has 0 spiro atoms. The van der Waals surface area contributed by atoms with Gasteiger partial charge in [-0.05, 0) is 0 Å². The van der Waals surface area contributed by atoms with Crippen LogP contribution in [0.25, 0.3) is 0 Å². The zero-order valence-corrected chi connectivity index (χ0v) is 14.8. The Morgan fingerprint density at radius 2 is 0.824 bits per heavy atom. The second kappa shape index (κ2) is 90.9. The van der Waals surface area contributed by atoms with Crippen LogP contribution in [0.3, 0.4) is 0 Å². The summed E-state index contributed by atoms with van der Waals surface area (Å²) in [6.45, 7) is 0. The van der Waals surface area contributed by atoms with Crippen molar-refractivity contribution in [1.82, 2.24) is 12.3 Å². The summed E-state index contributed by atoms with van der Waals surface area (Å²) in [7, 11) is 0. The van der Waals surface area contributed by atoms with Crippen LogP contribution >= 0.6 is 0 Å². The van der Waals surface area contributed by atoms with Gasteiger partial charge in [0.25, 0.3) is 10.2 Å². The minimum Gasteiger partial charge on any atom is -0.870 e. The third-order valence-electron chi connectivity index (χ3n) is 0. The largest absolute Gasteiger partial charge is 2.00 e. The van der Waals surface area contributed by atoms with Crippen molar-refractivity contribution < 1.29 is 76.9 Å². The van der Waals surface area contributed by atoms with Crippen molar-refractivity contribution >= 4 is 48.9 Å². The van der Waals surface area contributed by atoms with Crippen molar-refractivity contribution in [2.75, 3.05) is 0 Å². The van der Waals surface area contributed by atoms with Gasteiger partial charge in [-0.25, -0.2) is 0 Å². The Kier molecular flexibility index (Phi) is 582. The average molecular weight is 483 g/mol. The van der Waals surface area contributed by atoms with Gasteiger partial charge in [0, 0.05) is 65.9 Å². The van der Waals surface area contributed by atoms with E-state index in [1.54, 1.807) is 0 Å². The molecular weight excluding hydrogens is 469 g/mol. The minimum atomic E-state index is -1.50. The van der Waals surface area contributed by atoms with Gasteiger partial charge >= 0.3 is 17.4 Å². The molecule has 0 fully saturated rings. The van der Waals surface area contributed by atoms with Crippen LogP contribution in [-0.4, -0.2) is 91.4 Å². The molecule has 0 aliphatic carbocycles. The standard InChI is InChI=1S/Ba.Cr.Cu.2HNO3.2H3N.4H2O/c;;;2*2-1(3)4;;;;;;/h;;;2*(H,2,3,4);2*1H3;4*1H2/q;+2;;;;;;;;;/p-2. The fourth-order valence-corrected chi connectivity index (χ4v) is 0. The fraction of sp³-hybridized carbons (Fsp3) is 0. The maximum atomic E-state index is 8.36. The van der Waals surface area contributed by atoms with E-state index < -0.39 is 10.2 Å². The van der Waals surface area contributed by atoms with Crippen LogP contribution < -0.4 is 12.3 Å². The Morgan fingerprint density at radius 3 is 0.824 bits per heavy atom. The number of nitrogens with zero attached hydrogens (tertiary/aromatic N) is 2. The summed E-state index contributed by atoms with van der Waals surface area (Å²) in [6.07, 6.45) is 0. The molecule has 0 amide bonds. The maximum Gasteiger partial charge on any atom is 2.00 e. The first-order valence-electron chi connectivity index (χ1n) is 1.13. The zero-order chi connectivity index (χ0) is 7.15. The summed E-state index contributed by atoms with van der Waals surface area (Å²) in [5, 5.41) is 27.3. The Morgan fingerprint density at radius 1 is 0.824 bits per heavy atom. The molecule has 0 bridgehead atoms. The van der Waals surface area contributed by atoms with Gasteiger partial charge in [0.1, 0.15) is 0 Å². The summed E-state index contributed by atoms with van der Waals surface area (Å²) < 4.78 is 0. The molecule has 0 aromatic carbocycles. The molecule has 113 valence electrons. The number of hydrogen-bond donors (Lipinski definition) is 4. The predicted octanol–water partition coefficient (Wildman–Crippen LogP) is -2.76. The molecule has 17 heavy (non-hydrogen) atoms. The first-order chi connectivity index (χ1) is 3.46. The molecular formula is H14BaCrCuN4O10. The van der Waals surface area contributed by atoms with Gasteiger partial charge in [-0.3, -0.25) is 0 Å². The van der Waals surface area contributed by atoms with E-state index in [2.05, 4.69) is 0 Å². The first kappa shape index (κ1) is 109. The summed E-state index contributed by atoms with van der Waals surface area (Å²) in [5.41, 5.74) is 0. The second-order valence-corrected chi connectivity index (χ2v) is 0.476. The second-order valence-electron chi connectivity index (χ2n) is 0.476. The quantitative estimate of drug-likeness (QED) is 0.156. The van der Waals surface area contributed by atoms with Crippen LogP contribution in [0.2, 0.25) is 0 Å². The molecule has 0 aromatic rings. The smallest absolute Gasteiger partial charge is 0.870 e. The van der Waals surface area contributed by atoms with Crippen molar-refractivity contribution in [3.8, 4) is 0 Å². The molecule has 0 unspecified atom stereocenters. The van der Waals surface area contributed by atoms with Crippen molar-refractivity contribution in [2.45, 2.75) is 0 Å². The van der Waals surface area contributed by atoms with Crippen LogP contribution in [-0.2, 0) is 34.4 Å². The van der Waals surface area contributed by atoms with Crippen molar-refractivity contribution in [3.63, 3.8) is 0 Å². The normalized spacial score (nSPS) is 2.82. The minimum absolute atomic E-state index is 0. The van der Waals surface area contributed by atoms with E-state index in [0.29, 0.717) is 0 Å². The Labute approximate surface area is 156 Å². The van der Waals surface area contributed by atoms with Crippen LogP contribution in [0.15, 0.2) is 0 Å². The molecule has 0 atom stereocenters. The van der Waals surface area contributed by atoms with E-state index in [4.69, 9.17) is 30.6 Å². The SMILES string of the molecule is N.N.O.O.O=[N+]([O-])O.O=[N+]([O-])O.[Ba].[Cr+2].[Cu].[OH-].[OH-]. The van der Waals surface area contributed by atoms with E-state index in [0.717, 1.165) is 0 Å². The molecule has 3 radical (unpaired) electrons. The molecule has 0 saturated heterocycles. The molecule has 14 N–H and O–H groups in total. The summed E-state index contributed by atoms with van der Waals surface area (Å²) in [4.78, 5) is 16.7. The van der Waals surface area contributed by atoms with Gasteiger partial charge in [0.05, 0.1) is 0 Å². The summed E-state index contributed by atoms with van der Waals surface area (Å²) in [5.74, 6) is 0. The molecule has 0 saturated carbocycles. The zero-order valence-electron chi connectivity index (χ0n) is 8.15. The van der Waals surface area contributed by atoms with E-state index >= 15 is 0 Å². The Hall–Kier alpha value is 0.783. The number of rotatable bonds is 0. The van der Waals surface area contributed by atoms with E-state index in [1.165, 1.54) is 0 Å². The molecule has 14 nitrogen and oxygen atoms in total. The van der Waals surface area contributed by atoms with E-state index in [-0.39, 0.29) is 118 Å². The fourth-order valence-electron chi connectivity index (χ4n) is 0. The third kappa shape index (κ3) is 5980. The third-order valence-corrected chi connectivity index (χ3v) is 0. The molecule has 0 aliphatic heterocycles. The van der Waals surface area contributed by atoms with Gasteiger partial charge < -0.3 is 44.6 Å². The van der Waals surface area contributed by atoms with E-state index in [9.17, 15) is 0 Å². The molecule has 0 aliphatic rings. The van der Waals surface area contributed by atoms with Gasteiger partial charge in [-0.1, -0.05) is 0 Å². The van der Waals surface area contributed by atoms with Crippen molar-refractivity contribution in [3.05, 3.63) is 20.2 Å². The molecule has 0 rings (SSSR count). The summed E-state index contributed by atoms with van der Waals surface area (Å²) in [6, 6.07) is 0. The maximum absolute atomic E-state index is 8.36. The Balaban J connectivity index is -0.00000000308. The topological polar surface area (TPSA) is 320 Å². The molecule has 0 aromatic heterocycles. The number of hydrogen-bond acceptors (Lipinski definition) is 8. The van der Waals surface area contributed by atoms with Crippen LogP contribution in [0, 0.1) is 20.2 Å². The predicted molar refractivity (Wildman–Crippen MR) is 44.5 cm³/mol. The first-order valence-corrected chi connectivity index (χ1v) is 1.13. The van der Waals surface area contributed by atoms with Gasteiger partial charge in [-0.2, -0.15) is 0 Å². The van der Waals surface area contributed by atoms with Gasteiger partial charge in [0.15, 0.2) is 0 Å². The molecule has 0 heterocycles. The summed E-state index contributed by atoms with van der Waals surface area (Å²) >= 11 is 0. The van der Waals surface area contributed by atoms with Crippen LogP contribution in [0.5, 0.6) is 0 Å². The van der Waals surface area contributed by atoms with Crippen LogP contribution in [0.1, 0.15) is 0 Å². The molecule has 17 heteroatoms. The van der Waals surface area contributed by atoms with E-state index in [1.807, 2.05) is 0 Å². The monoisotopic (exact) mass is 483 g/mol.